The quantitative estimate of drug-likeness (QED) is 0.626. The van der Waals surface area contributed by atoms with Gasteiger partial charge in [0.05, 0.1) is 0 Å². The largest absolute Gasteiger partial charge is 0.480 e. The maximum absolute atomic E-state index is 14.1. The van der Waals surface area contributed by atoms with Gasteiger partial charge in [-0.15, -0.1) is 0 Å². The average molecular weight is 492 g/mol. The van der Waals surface area contributed by atoms with Gasteiger partial charge in [-0.25, -0.2) is 4.39 Å². The number of rotatable bonds is 5. The SMILES string of the molecule is O=C(O)CN1C(=O)C2(CC(=O)C(CCc3cc(Cl)ccc3F)CCC2=O)c2cc(Cl)ccc21. The molecule has 1 N–H and O–H groups in total. The summed E-state index contributed by atoms with van der Waals surface area (Å²) in [5, 5.41) is 9.94. The fraction of sp³-hybridized carbons (Fsp3) is 0.333. The van der Waals surface area contributed by atoms with Crippen molar-refractivity contribution >= 4 is 52.3 Å². The van der Waals surface area contributed by atoms with Gasteiger partial charge in [0.15, 0.2) is 5.78 Å². The van der Waals surface area contributed by atoms with Crippen molar-refractivity contribution in [2.24, 2.45) is 5.92 Å². The van der Waals surface area contributed by atoms with Crippen LogP contribution < -0.4 is 4.90 Å². The molecule has 2 unspecified atom stereocenters. The van der Waals surface area contributed by atoms with Gasteiger partial charge in [0.2, 0.25) is 5.91 Å². The molecule has 0 saturated heterocycles. The first kappa shape index (κ1) is 23.4. The smallest absolute Gasteiger partial charge is 0.323 e. The Morgan fingerprint density at radius 1 is 1.12 bits per heavy atom. The van der Waals surface area contributed by atoms with Crippen LogP contribution in [-0.2, 0) is 31.0 Å². The molecule has 1 heterocycles. The highest BCUT2D eigenvalue weighted by molar-refractivity contribution is 6.32. The van der Waals surface area contributed by atoms with E-state index in [1.807, 2.05) is 0 Å². The van der Waals surface area contributed by atoms with E-state index >= 15 is 0 Å². The summed E-state index contributed by atoms with van der Waals surface area (Å²) in [6, 6.07) is 8.68. The third kappa shape index (κ3) is 4.15. The van der Waals surface area contributed by atoms with Crippen molar-refractivity contribution in [3.8, 4) is 0 Å². The number of carbonyl (C=O) groups excluding carboxylic acids is 3. The molecule has 1 aliphatic heterocycles. The van der Waals surface area contributed by atoms with Crippen molar-refractivity contribution in [2.45, 2.75) is 37.5 Å². The lowest BCUT2D eigenvalue weighted by Crippen LogP contribution is -2.48. The van der Waals surface area contributed by atoms with E-state index in [2.05, 4.69) is 0 Å². The zero-order valence-corrected chi connectivity index (χ0v) is 19.0. The zero-order chi connectivity index (χ0) is 23.9. The highest BCUT2D eigenvalue weighted by atomic mass is 35.5. The van der Waals surface area contributed by atoms with Crippen LogP contribution in [0.5, 0.6) is 0 Å². The minimum atomic E-state index is -1.79. The minimum Gasteiger partial charge on any atom is -0.480 e. The predicted octanol–water partition coefficient (Wildman–Crippen LogP) is 4.37. The number of fused-ring (bicyclic) bond motifs is 2. The molecule has 1 saturated carbocycles. The Kier molecular flexibility index (Phi) is 6.29. The number of anilines is 1. The first-order valence-electron chi connectivity index (χ1n) is 10.5. The van der Waals surface area contributed by atoms with Crippen LogP contribution in [-0.4, -0.2) is 35.1 Å². The normalized spacial score (nSPS) is 22.6. The zero-order valence-electron chi connectivity index (χ0n) is 17.4. The van der Waals surface area contributed by atoms with Gasteiger partial charge in [-0.1, -0.05) is 23.2 Å². The summed E-state index contributed by atoms with van der Waals surface area (Å²) < 4.78 is 14.1. The molecule has 1 aliphatic carbocycles. The second-order valence-electron chi connectivity index (χ2n) is 8.43. The molecule has 172 valence electrons. The molecule has 1 amide bonds. The summed E-state index contributed by atoms with van der Waals surface area (Å²) in [4.78, 5) is 52.5. The van der Waals surface area contributed by atoms with E-state index < -0.39 is 41.4 Å². The molecule has 4 rings (SSSR count). The Labute approximate surface area is 199 Å². The second-order valence-corrected chi connectivity index (χ2v) is 9.30. The van der Waals surface area contributed by atoms with Gasteiger partial charge in [0.1, 0.15) is 23.6 Å². The van der Waals surface area contributed by atoms with Crippen LogP contribution >= 0.6 is 23.2 Å². The summed E-state index contributed by atoms with van der Waals surface area (Å²) in [5.41, 5.74) is -0.876. The lowest BCUT2D eigenvalue weighted by atomic mass is 9.73. The first-order chi connectivity index (χ1) is 15.6. The van der Waals surface area contributed by atoms with E-state index in [1.54, 1.807) is 0 Å². The lowest BCUT2D eigenvalue weighted by molar-refractivity contribution is -0.140. The van der Waals surface area contributed by atoms with Gasteiger partial charge in [-0.3, -0.25) is 24.1 Å². The molecule has 1 spiro atoms. The van der Waals surface area contributed by atoms with E-state index in [9.17, 15) is 28.7 Å². The van der Waals surface area contributed by atoms with Crippen LogP contribution in [0.1, 0.15) is 36.8 Å². The van der Waals surface area contributed by atoms with Gasteiger partial charge >= 0.3 is 5.97 Å². The highest BCUT2D eigenvalue weighted by Crippen LogP contribution is 2.48. The molecule has 9 heteroatoms. The topological polar surface area (TPSA) is 91.8 Å². The molecule has 6 nitrogen and oxygen atoms in total. The maximum Gasteiger partial charge on any atom is 0.323 e. The van der Waals surface area contributed by atoms with Crippen LogP contribution in [0.25, 0.3) is 0 Å². The molecular formula is C24H20Cl2FNO5. The number of carbonyl (C=O) groups is 4. The Bertz CT molecular complexity index is 1180. The van der Waals surface area contributed by atoms with Gasteiger partial charge in [0.25, 0.3) is 0 Å². The van der Waals surface area contributed by atoms with Crippen LogP contribution in [0.15, 0.2) is 36.4 Å². The number of ketones is 2. The molecule has 2 aromatic carbocycles. The van der Waals surface area contributed by atoms with Crippen molar-refractivity contribution in [3.63, 3.8) is 0 Å². The molecule has 33 heavy (non-hydrogen) atoms. The molecule has 0 radical (unpaired) electrons. The van der Waals surface area contributed by atoms with E-state index in [4.69, 9.17) is 23.2 Å². The standard InChI is InChI=1S/C24H20Cl2FNO5/c25-15-4-6-18(27)14(9-15)2-1-13-3-8-21(30)24(11-20(13)29)17-10-16(26)5-7-19(17)28(23(24)33)12-22(31)32/h4-7,9-10,13H,1-3,8,11-12H2,(H,31,32). The van der Waals surface area contributed by atoms with E-state index in [0.717, 1.165) is 4.90 Å². The van der Waals surface area contributed by atoms with Gasteiger partial charge < -0.3 is 5.11 Å². The Balaban J connectivity index is 1.65. The average Bonchev–Trinajstić information content (AvgIpc) is 2.89. The summed E-state index contributed by atoms with van der Waals surface area (Å²) >= 11 is 12.1. The second kappa shape index (κ2) is 8.88. The van der Waals surface area contributed by atoms with Crippen molar-refractivity contribution in [3.05, 3.63) is 63.4 Å². The molecule has 1 fully saturated rings. The van der Waals surface area contributed by atoms with Gasteiger partial charge in [-0.05, 0) is 61.2 Å². The van der Waals surface area contributed by atoms with Gasteiger partial charge in [0, 0.05) is 40.1 Å². The Morgan fingerprint density at radius 3 is 2.55 bits per heavy atom. The highest BCUT2D eigenvalue weighted by Gasteiger charge is 2.58. The summed E-state index contributed by atoms with van der Waals surface area (Å²) in [6.45, 7) is -0.631. The number of hydrogen-bond donors (Lipinski definition) is 1. The number of benzene rings is 2. The van der Waals surface area contributed by atoms with Crippen molar-refractivity contribution in [1.29, 1.82) is 0 Å². The number of Topliss-reactive ketones (excluding diaryl/α,β-unsaturated/α-hetero) is 2. The van der Waals surface area contributed by atoms with E-state index in [1.165, 1.54) is 36.4 Å². The maximum atomic E-state index is 14.1. The number of aliphatic carboxylic acids is 1. The van der Waals surface area contributed by atoms with E-state index in [-0.39, 0.29) is 47.7 Å². The van der Waals surface area contributed by atoms with Crippen molar-refractivity contribution in [1.82, 2.24) is 0 Å². The number of amides is 1. The first-order valence-corrected chi connectivity index (χ1v) is 11.2. The monoisotopic (exact) mass is 491 g/mol. The number of carboxylic acids is 1. The third-order valence-corrected chi connectivity index (χ3v) is 6.94. The number of nitrogens with zero attached hydrogens (tertiary/aromatic N) is 1. The molecule has 0 bridgehead atoms. The molecule has 0 aromatic heterocycles. The Morgan fingerprint density at radius 2 is 1.82 bits per heavy atom. The minimum absolute atomic E-state index is 0.0347. The van der Waals surface area contributed by atoms with Crippen LogP contribution in [0.3, 0.4) is 0 Å². The van der Waals surface area contributed by atoms with Crippen LogP contribution in [0.2, 0.25) is 10.0 Å². The molecule has 2 atom stereocenters. The number of halogens is 3. The van der Waals surface area contributed by atoms with Gasteiger partial charge in [-0.2, -0.15) is 0 Å². The fourth-order valence-corrected chi connectivity index (χ4v) is 5.19. The summed E-state index contributed by atoms with van der Waals surface area (Å²) in [6.07, 6.45) is 0.369. The van der Waals surface area contributed by atoms with Crippen LogP contribution in [0, 0.1) is 11.7 Å². The predicted molar refractivity (Wildman–Crippen MR) is 120 cm³/mol. The third-order valence-electron chi connectivity index (χ3n) is 6.47. The number of hydrogen-bond acceptors (Lipinski definition) is 4. The number of aryl methyl sites for hydroxylation is 1. The molecule has 2 aromatic rings. The summed E-state index contributed by atoms with van der Waals surface area (Å²) in [7, 11) is 0. The number of carboxylic acid groups (broad SMARTS) is 1. The molecule has 2 aliphatic rings. The van der Waals surface area contributed by atoms with Crippen LogP contribution in [0.4, 0.5) is 10.1 Å². The van der Waals surface area contributed by atoms with Crippen molar-refractivity contribution < 1.29 is 28.7 Å². The summed E-state index contributed by atoms with van der Waals surface area (Å²) in [5.74, 6) is -3.66. The van der Waals surface area contributed by atoms with Crippen molar-refractivity contribution in [2.75, 3.05) is 11.4 Å². The Hall–Kier alpha value is -2.77. The lowest BCUT2D eigenvalue weighted by Gasteiger charge is -2.25. The fourth-order valence-electron chi connectivity index (χ4n) is 4.83. The molecular weight excluding hydrogens is 472 g/mol. The van der Waals surface area contributed by atoms with E-state index in [0.29, 0.717) is 17.0 Å².